The second kappa shape index (κ2) is 7.23. The summed E-state index contributed by atoms with van der Waals surface area (Å²) in [7, 11) is 0. The second-order valence-electron chi connectivity index (χ2n) is 3.64. The van der Waals surface area contributed by atoms with Crippen LogP contribution in [0.4, 0.5) is 0 Å². The van der Waals surface area contributed by atoms with Gasteiger partial charge in [-0.05, 0) is 19.4 Å². The summed E-state index contributed by atoms with van der Waals surface area (Å²) < 4.78 is 0. The largest absolute Gasteiger partial charge is 0.395 e. The maximum absolute atomic E-state index is 8.89. The molecule has 1 aliphatic rings. The summed E-state index contributed by atoms with van der Waals surface area (Å²) in [5, 5.41) is 12.3. The Morgan fingerprint density at radius 3 is 3.00 bits per heavy atom. The number of aliphatic hydroxyl groups is 1. The van der Waals surface area contributed by atoms with Gasteiger partial charge in [-0.1, -0.05) is 17.7 Å². The zero-order valence-corrected chi connectivity index (χ0v) is 9.21. The highest BCUT2D eigenvalue weighted by atomic mass is 35.5. The smallest absolute Gasteiger partial charge is 0.0558 e. The van der Waals surface area contributed by atoms with Gasteiger partial charge in [0.15, 0.2) is 0 Å². The number of nitrogens with zero attached hydrogens (tertiary/aromatic N) is 1. The lowest BCUT2D eigenvalue weighted by molar-refractivity contribution is 0.198. The van der Waals surface area contributed by atoms with E-state index >= 15 is 0 Å². The lowest BCUT2D eigenvalue weighted by Crippen LogP contribution is -2.39. The van der Waals surface area contributed by atoms with E-state index in [0.717, 1.165) is 26.2 Å². The molecular formula is C10H19ClN2O. The minimum atomic E-state index is 0.211. The predicted molar refractivity (Wildman–Crippen MR) is 59.5 cm³/mol. The van der Waals surface area contributed by atoms with Gasteiger partial charge in [-0.25, -0.2) is 0 Å². The van der Waals surface area contributed by atoms with Gasteiger partial charge in [-0.2, -0.15) is 0 Å². The SMILES string of the molecule is OCCN(C/C=C/Cl)CC1CCCN1. The summed E-state index contributed by atoms with van der Waals surface area (Å²) >= 11 is 5.48. The van der Waals surface area contributed by atoms with E-state index in [0.29, 0.717) is 6.04 Å². The molecule has 1 heterocycles. The third-order valence-corrected chi connectivity index (χ3v) is 2.69. The standard InChI is InChI=1S/C10H19ClN2O/c11-4-2-6-13(7-8-14)9-10-3-1-5-12-10/h2,4,10,12,14H,1,3,5-9H2/b4-2+. The van der Waals surface area contributed by atoms with E-state index in [1.807, 2.05) is 6.08 Å². The molecular weight excluding hydrogens is 200 g/mol. The monoisotopic (exact) mass is 218 g/mol. The molecule has 0 radical (unpaired) electrons. The Morgan fingerprint density at radius 2 is 2.43 bits per heavy atom. The molecule has 0 bridgehead atoms. The minimum Gasteiger partial charge on any atom is -0.395 e. The van der Waals surface area contributed by atoms with E-state index in [1.54, 1.807) is 0 Å². The van der Waals surface area contributed by atoms with Gasteiger partial charge in [0.05, 0.1) is 6.61 Å². The van der Waals surface area contributed by atoms with Crippen molar-refractivity contribution in [3.8, 4) is 0 Å². The predicted octanol–water partition coefficient (Wildman–Crippen LogP) is 0.785. The number of hydrogen-bond donors (Lipinski definition) is 2. The Morgan fingerprint density at radius 1 is 1.57 bits per heavy atom. The van der Waals surface area contributed by atoms with Crippen molar-refractivity contribution in [2.24, 2.45) is 0 Å². The summed E-state index contributed by atoms with van der Waals surface area (Å²) in [6.07, 6.45) is 4.42. The van der Waals surface area contributed by atoms with Crippen molar-refractivity contribution in [1.82, 2.24) is 10.2 Å². The molecule has 0 aliphatic carbocycles. The average Bonchev–Trinajstić information content (AvgIpc) is 2.67. The highest BCUT2D eigenvalue weighted by molar-refractivity contribution is 6.25. The average molecular weight is 219 g/mol. The van der Waals surface area contributed by atoms with E-state index in [2.05, 4.69) is 10.2 Å². The molecule has 2 N–H and O–H groups in total. The number of nitrogens with one attached hydrogen (secondary N) is 1. The third-order valence-electron chi connectivity index (χ3n) is 2.51. The van der Waals surface area contributed by atoms with Gasteiger partial charge in [0.1, 0.15) is 0 Å². The molecule has 0 spiro atoms. The molecule has 0 amide bonds. The first-order valence-electron chi connectivity index (χ1n) is 5.18. The Labute approximate surface area is 90.7 Å². The van der Waals surface area contributed by atoms with Crippen LogP contribution in [0.3, 0.4) is 0 Å². The van der Waals surface area contributed by atoms with Crippen LogP contribution >= 0.6 is 11.6 Å². The van der Waals surface area contributed by atoms with Gasteiger partial charge >= 0.3 is 0 Å². The van der Waals surface area contributed by atoms with Gasteiger partial charge in [0.25, 0.3) is 0 Å². The van der Waals surface area contributed by atoms with Crippen molar-refractivity contribution >= 4 is 11.6 Å². The lowest BCUT2D eigenvalue weighted by atomic mass is 10.2. The van der Waals surface area contributed by atoms with Crippen LogP contribution in [0.5, 0.6) is 0 Å². The first-order chi connectivity index (χ1) is 6.86. The van der Waals surface area contributed by atoms with E-state index in [9.17, 15) is 0 Å². The normalized spacial score (nSPS) is 22.6. The maximum atomic E-state index is 8.89. The van der Waals surface area contributed by atoms with Crippen LogP contribution in [0.2, 0.25) is 0 Å². The first-order valence-corrected chi connectivity index (χ1v) is 5.62. The van der Waals surface area contributed by atoms with Gasteiger partial charge in [0.2, 0.25) is 0 Å². The molecule has 0 aromatic rings. The summed E-state index contributed by atoms with van der Waals surface area (Å²) in [5.41, 5.74) is 1.53. The lowest BCUT2D eigenvalue weighted by Gasteiger charge is -2.23. The second-order valence-corrected chi connectivity index (χ2v) is 3.89. The molecule has 3 nitrogen and oxygen atoms in total. The van der Waals surface area contributed by atoms with E-state index in [4.69, 9.17) is 16.7 Å². The number of rotatable bonds is 6. The number of halogens is 1. The molecule has 0 aromatic heterocycles. The summed E-state index contributed by atoms with van der Waals surface area (Å²) in [6, 6.07) is 0.588. The zero-order valence-electron chi connectivity index (χ0n) is 8.45. The molecule has 1 unspecified atom stereocenters. The number of hydrogen-bond acceptors (Lipinski definition) is 3. The molecule has 1 atom stereocenters. The third kappa shape index (κ3) is 4.42. The zero-order chi connectivity index (χ0) is 10.2. The van der Waals surface area contributed by atoms with Crippen LogP contribution in [-0.4, -0.2) is 48.8 Å². The summed E-state index contributed by atoms with van der Waals surface area (Å²) in [4.78, 5) is 2.21. The van der Waals surface area contributed by atoms with Crippen LogP contribution < -0.4 is 5.32 Å². The van der Waals surface area contributed by atoms with E-state index in [-0.39, 0.29) is 6.61 Å². The van der Waals surface area contributed by atoms with Crippen LogP contribution in [0.15, 0.2) is 11.6 Å². The fourth-order valence-electron chi connectivity index (χ4n) is 1.81. The molecule has 1 rings (SSSR count). The maximum Gasteiger partial charge on any atom is 0.0558 e. The van der Waals surface area contributed by atoms with Crippen molar-refractivity contribution in [2.45, 2.75) is 18.9 Å². The molecule has 1 aliphatic heterocycles. The summed E-state index contributed by atoms with van der Waals surface area (Å²) in [6.45, 7) is 3.88. The highest BCUT2D eigenvalue weighted by Gasteiger charge is 2.16. The van der Waals surface area contributed by atoms with Crippen molar-refractivity contribution < 1.29 is 5.11 Å². The van der Waals surface area contributed by atoms with Crippen LogP contribution in [0.25, 0.3) is 0 Å². The fraction of sp³-hybridized carbons (Fsp3) is 0.800. The van der Waals surface area contributed by atoms with Crippen molar-refractivity contribution in [2.75, 3.05) is 32.8 Å². The van der Waals surface area contributed by atoms with Crippen LogP contribution in [0.1, 0.15) is 12.8 Å². The first kappa shape index (κ1) is 12.0. The molecule has 4 heteroatoms. The molecule has 1 fully saturated rings. The molecule has 0 saturated carbocycles. The van der Waals surface area contributed by atoms with Crippen molar-refractivity contribution in [3.63, 3.8) is 0 Å². The Balaban J connectivity index is 2.25. The van der Waals surface area contributed by atoms with Crippen LogP contribution in [-0.2, 0) is 0 Å². The Hall–Kier alpha value is -0.0900. The quantitative estimate of drug-likeness (QED) is 0.692. The molecule has 0 aromatic carbocycles. The van der Waals surface area contributed by atoms with Gasteiger partial charge in [-0.15, -0.1) is 0 Å². The Bertz CT molecular complexity index is 170. The highest BCUT2D eigenvalue weighted by Crippen LogP contribution is 2.06. The van der Waals surface area contributed by atoms with Crippen molar-refractivity contribution in [3.05, 3.63) is 11.6 Å². The van der Waals surface area contributed by atoms with E-state index < -0.39 is 0 Å². The Kier molecular flexibility index (Phi) is 6.19. The van der Waals surface area contributed by atoms with Crippen molar-refractivity contribution in [1.29, 1.82) is 0 Å². The number of aliphatic hydroxyl groups excluding tert-OH is 1. The minimum absolute atomic E-state index is 0.211. The van der Waals surface area contributed by atoms with Gasteiger partial charge < -0.3 is 10.4 Å². The molecule has 14 heavy (non-hydrogen) atoms. The van der Waals surface area contributed by atoms with Gasteiger partial charge in [-0.3, -0.25) is 4.90 Å². The summed E-state index contributed by atoms with van der Waals surface area (Å²) in [5.74, 6) is 0. The van der Waals surface area contributed by atoms with Gasteiger partial charge in [0, 0.05) is 31.2 Å². The topological polar surface area (TPSA) is 35.5 Å². The van der Waals surface area contributed by atoms with Crippen LogP contribution in [0, 0.1) is 0 Å². The molecule has 82 valence electrons. The van der Waals surface area contributed by atoms with E-state index in [1.165, 1.54) is 18.4 Å². The fourth-order valence-corrected chi connectivity index (χ4v) is 1.89. The molecule has 1 saturated heterocycles.